The van der Waals surface area contributed by atoms with Crippen molar-refractivity contribution in [3.05, 3.63) is 77.4 Å². The van der Waals surface area contributed by atoms with Crippen molar-refractivity contribution in [1.82, 2.24) is 4.98 Å². The van der Waals surface area contributed by atoms with Gasteiger partial charge in [-0.05, 0) is 55.0 Å². The summed E-state index contributed by atoms with van der Waals surface area (Å²) < 4.78 is 100. The number of hydrogen-bond acceptors (Lipinski definition) is 4. The summed E-state index contributed by atoms with van der Waals surface area (Å²) in [6.45, 7) is 1.56. The molecule has 0 unspecified atom stereocenters. The van der Waals surface area contributed by atoms with Crippen molar-refractivity contribution in [2.45, 2.75) is 19.5 Å². The normalized spacial score (nSPS) is 11.8. The molecule has 5 nitrogen and oxygen atoms in total. The molecule has 12 heteroatoms. The maximum absolute atomic E-state index is 14.8. The first kappa shape index (κ1) is 23.8. The molecule has 0 aliphatic rings. The summed E-state index contributed by atoms with van der Waals surface area (Å²) in [5.74, 6) is -4.47. The molecule has 1 N–H and O–H groups in total. The Morgan fingerprint density at radius 3 is 2.15 bits per heavy atom. The molecule has 1 heterocycles. The van der Waals surface area contributed by atoms with Crippen molar-refractivity contribution in [2.24, 2.45) is 0 Å². The minimum Gasteiger partial charge on any atom is -0.456 e. The van der Waals surface area contributed by atoms with E-state index in [1.165, 1.54) is 18.5 Å². The van der Waals surface area contributed by atoms with E-state index in [0.717, 1.165) is 30.3 Å². The van der Waals surface area contributed by atoms with Gasteiger partial charge in [0.1, 0.15) is 22.8 Å². The molecule has 174 valence electrons. The van der Waals surface area contributed by atoms with Crippen molar-refractivity contribution in [1.29, 1.82) is 0 Å². The Hall–Kier alpha value is -3.83. The number of carbonyl (C=O) groups excluding carboxylic acids is 1. The molecule has 1 amide bonds. The lowest BCUT2D eigenvalue weighted by atomic mass is 10.1. The fraction of sp³-hybridized carbons (Fsp3) is 0.143. The first-order valence-corrected chi connectivity index (χ1v) is 9.00. The van der Waals surface area contributed by atoms with E-state index in [0.29, 0.717) is 11.6 Å². The van der Waals surface area contributed by atoms with Gasteiger partial charge in [-0.1, -0.05) is 0 Å². The van der Waals surface area contributed by atoms with Crippen LogP contribution in [0, 0.1) is 12.7 Å². The van der Waals surface area contributed by atoms with E-state index in [4.69, 9.17) is 4.74 Å². The number of aryl methyl sites for hydroxylation is 1. The molecule has 0 aliphatic carbocycles. The van der Waals surface area contributed by atoms with Crippen LogP contribution < -0.4 is 14.8 Å². The highest BCUT2D eigenvalue weighted by atomic mass is 19.4. The van der Waals surface area contributed by atoms with E-state index in [9.17, 15) is 35.5 Å². The lowest BCUT2D eigenvalue weighted by molar-refractivity contribution is -0.274. The van der Waals surface area contributed by atoms with Gasteiger partial charge in [0.2, 0.25) is 0 Å². The second-order valence-corrected chi connectivity index (χ2v) is 6.56. The molecule has 3 aromatic rings. The van der Waals surface area contributed by atoms with E-state index in [2.05, 4.69) is 15.0 Å². The van der Waals surface area contributed by atoms with Crippen LogP contribution in [-0.4, -0.2) is 17.3 Å². The Morgan fingerprint density at radius 1 is 0.939 bits per heavy atom. The van der Waals surface area contributed by atoms with Crippen molar-refractivity contribution < 1.29 is 45.0 Å². The van der Waals surface area contributed by atoms with Crippen LogP contribution in [0.4, 0.5) is 36.4 Å². The van der Waals surface area contributed by atoms with E-state index >= 15 is 0 Å². The third kappa shape index (κ3) is 5.90. The van der Waals surface area contributed by atoms with Gasteiger partial charge in [-0.2, -0.15) is 13.2 Å². The van der Waals surface area contributed by atoms with Crippen molar-refractivity contribution in [3.8, 4) is 17.2 Å². The first-order chi connectivity index (χ1) is 15.3. The Labute approximate surface area is 181 Å². The van der Waals surface area contributed by atoms with Crippen LogP contribution in [0.1, 0.15) is 21.5 Å². The van der Waals surface area contributed by atoms with E-state index < -0.39 is 46.9 Å². The Morgan fingerprint density at radius 2 is 1.58 bits per heavy atom. The number of nitrogens with zero attached hydrogens (tertiary/aromatic N) is 1. The number of halogens is 7. The third-order valence-corrected chi connectivity index (χ3v) is 4.19. The number of amides is 1. The molecule has 3 rings (SSSR count). The molecular formula is C21H13F7N2O3. The highest BCUT2D eigenvalue weighted by Gasteiger charge is 2.37. The fourth-order valence-electron chi connectivity index (χ4n) is 2.71. The molecule has 0 bridgehead atoms. The zero-order valence-electron chi connectivity index (χ0n) is 16.5. The number of nitrogens with one attached hydrogen (secondary N) is 1. The number of hydrogen-bond donors (Lipinski definition) is 1. The summed E-state index contributed by atoms with van der Waals surface area (Å²) in [5.41, 5.74) is -2.11. The number of rotatable bonds is 5. The quantitative estimate of drug-likeness (QED) is 0.430. The number of anilines is 1. The van der Waals surface area contributed by atoms with Gasteiger partial charge >= 0.3 is 12.5 Å². The minimum atomic E-state index is -5.10. The standard InChI is InChI=1S/C21H13F7N2O3/c1-11-10-29-9-8-15(11)30-19(31)17-16(7-6-14(18(17)22)20(23,24)25)32-12-2-4-13(5-3-12)33-21(26,27)28/h2-10H,1H3,(H,29,30,31). The maximum atomic E-state index is 14.8. The highest BCUT2D eigenvalue weighted by molar-refractivity contribution is 6.07. The Balaban J connectivity index is 1.98. The average molecular weight is 474 g/mol. The number of carbonyl (C=O) groups is 1. The van der Waals surface area contributed by atoms with Gasteiger partial charge in [0, 0.05) is 18.1 Å². The van der Waals surface area contributed by atoms with Crippen LogP contribution in [0.15, 0.2) is 54.9 Å². The minimum absolute atomic E-state index is 0.173. The molecule has 1 aromatic heterocycles. The molecule has 0 saturated heterocycles. The van der Waals surface area contributed by atoms with Crippen LogP contribution in [0.3, 0.4) is 0 Å². The van der Waals surface area contributed by atoms with Gasteiger partial charge in [0.05, 0.1) is 5.56 Å². The predicted octanol–water partition coefficient (Wildman–Crippen LogP) is 6.49. The van der Waals surface area contributed by atoms with E-state index in [-0.39, 0.29) is 11.4 Å². The highest BCUT2D eigenvalue weighted by Crippen LogP contribution is 2.38. The summed E-state index contributed by atoms with van der Waals surface area (Å²) >= 11 is 0. The lowest BCUT2D eigenvalue weighted by Gasteiger charge is -2.17. The third-order valence-electron chi connectivity index (χ3n) is 4.19. The monoisotopic (exact) mass is 474 g/mol. The average Bonchev–Trinajstić information content (AvgIpc) is 2.69. The molecule has 0 atom stereocenters. The van der Waals surface area contributed by atoms with Crippen molar-refractivity contribution in [2.75, 3.05) is 5.32 Å². The molecule has 33 heavy (non-hydrogen) atoms. The van der Waals surface area contributed by atoms with Crippen LogP contribution in [-0.2, 0) is 6.18 Å². The number of benzene rings is 2. The lowest BCUT2D eigenvalue weighted by Crippen LogP contribution is -2.19. The van der Waals surface area contributed by atoms with Gasteiger partial charge in [0.15, 0.2) is 5.82 Å². The van der Waals surface area contributed by atoms with Crippen LogP contribution in [0.2, 0.25) is 0 Å². The molecular weight excluding hydrogens is 461 g/mol. The van der Waals surface area contributed by atoms with Crippen molar-refractivity contribution >= 4 is 11.6 Å². The smallest absolute Gasteiger partial charge is 0.456 e. The second kappa shape index (κ2) is 8.96. The number of aromatic nitrogens is 1. The largest absolute Gasteiger partial charge is 0.573 e. The predicted molar refractivity (Wildman–Crippen MR) is 102 cm³/mol. The fourth-order valence-corrected chi connectivity index (χ4v) is 2.71. The topological polar surface area (TPSA) is 60.5 Å². The number of pyridine rings is 1. The number of ether oxygens (including phenoxy) is 2. The van der Waals surface area contributed by atoms with Crippen LogP contribution in [0.25, 0.3) is 0 Å². The van der Waals surface area contributed by atoms with Gasteiger partial charge < -0.3 is 14.8 Å². The van der Waals surface area contributed by atoms with Gasteiger partial charge in [-0.3, -0.25) is 9.78 Å². The summed E-state index contributed by atoms with van der Waals surface area (Å²) in [7, 11) is 0. The second-order valence-electron chi connectivity index (χ2n) is 6.56. The van der Waals surface area contributed by atoms with Crippen LogP contribution in [0.5, 0.6) is 17.2 Å². The SMILES string of the molecule is Cc1cnccc1NC(=O)c1c(Oc2ccc(OC(F)(F)F)cc2)ccc(C(F)(F)F)c1F. The van der Waals surface area contributed by atoms with E-state index in [1.807, 2.05) is 0 Å². The van der Waals surface area contributed by atoms with Crippen molar-refractivity contribution in [3.63, 3.8) is 0 Å². The molecule has 0 spiro atoms. The Bertz CT molecular complexity index is 1160. The maximum Gasteiger partial charge on any atom is 0.573 e. The molecule has 2 aromatic carbocycles. The molecule has 0 fully saturated rings. The Kier molecular flexibility index (Phi) is 6.47. The molecule has 0 saturated carbocycles. The number of alkyl halides is 6. The summed E-state index contributed by atoms with van der Waals surface area (Å²) in [4.78, 5) is 16.5. The first-order valence-electron chi connectivity index (χ1n) is 9.00. The van der Waals surface area contributed by atoms with Crippen LogP contribution >= 0.6 is 0 Å². The van der Waals surface area contributed by atoms with Gasteiger partial charge in [-0.25, -0.2) is 4.39 Å². The zero-order chi connectivity index (χ0) is 24.4. The summed E-state index contributed by atoms with van der Waals surface area (Å²) in [6.07, 6.45) is -7.34. The molecule has 0 radical (unpaired) electrons. The van der Waals surface area contributed by atoms with Gasteiger partial charge in [-0.15, -0.1) is 13.2 Å². The molecule has 0 aliphatic heterocycles. The zero-order valence-corrected chi connectivity index (χ0v) is 16.5. The van der Waals surface area contributed by atoms with E-state index in [1.54, 1.807) is 6.92 Å². The van der Waals surface area contributed by atoms with Gasteiger partial charge in [0.25, 0.3) is 5.91 Å². The summed E-state index contributed by atoms with van der Waals surface area (Å²) in [6, 6.07) is 6.25. The summed E-state index contributed by atoms with van der Waals surface area (Å²) in [5, 5.41) is 2.30.